The average Bonchev–Trinajstić information content (AvgIpc) is 2.99. The second-order valence-electron chi connectivity index (χ2n) is 7.32. The number of imide groups is 1. The van der Waals surface area contributed by atoms with Gasteiger partial charge < -0.3 is 9.47 Å². The van der Waals surface area contributed by atoms with E-state index in [1.54, 1.807) is 13.0 Å². The van der Waals surface area contributed by atoms with Gasteiger partial charge in [0.25, 0.3) is 0 Å². The number of rotatable bonds is 12. The van der Waals surface area contributed by atoms with Crippen molar-refractivity contribution in [1.82, 2.24) is 9.96 Å². The highest BCUT2D eigenvalue weighted by atomic mass is 16.7. The van der Waals surface area contributed by atoms with Crippen molar-refractivity contribution < 1.29 is 28.7 Å². The SMILES string of the molecule is CCCCCCC(CN1C(=O)N(OC)C(=O)C1=Cc1ccccc1)(OC)C(=O)OCC. The first-order valence-corrected chi connectivity index (χ1v) is 10.6. The third-order valence-electron chi connectivity index (χ3n) is 5.27. The molecule has 1 aromatic carbocycles. The number of carbonyl (C=O) groups excluding carboxylic acids is 3. The number of methoxy groups -OCH3 is 1. The summed E-state index contributed by atoms with van der Waals surface area (Å²) in [7, 11) is 2.67. The van der Waals surface area contributed by atoms with Gasteiger partial charge >= 0.3 is 17.9 Å². The summed E-state index contributed by atoms with van der Waals surface area (Å²) in [6.45, 7) is 3.84. The van der Waals surface area contributed by atoms with E-state index in [1.807, 2.05) is 30.3 Å². The maximum absolute atomic E-state index is 13.0. The number of unbranched alkanes of at least 4 members (excludes halogenated alkanes) is 3. The molecule has 1 atom stereocenters. The van der Waals surface area contributed by atoms with E-state index in [-0.39, 0.29) is 18.8 Å². The van der Waals surface area contributed by atoms with E-state index in [0.717, 1.165) is 31.2 Å². The molecule has 3 amide bonds. The molecular weight excluding hydrogens is 400 g/mol. The van der Waals surface area contributed by atoms with Crippen LogP contribution in [0.15, 0.2) is 36.0 Å². The Morgan fingerprint density at radius 3 is 2.35 bits per heavy atom. The molecule has 8 heteroatoms. The van der Waals surface area contributed by atoms with E-state index in [0.29, 0.717) is 11.5 Å². The van der Waals surface area contributed by atoms with Crippen molar-refractivity contribution in [2.75, 3.05) is 27.4 Å². The van der Waals surface area contributed by atoms with Gasteiger partial charge in [0.15, 0.2) is 5.60 Å². The molecule has 1 fully saturated rings. The average molecular weight is 433 g/mol. The molecule has 0 saturated carbocycles. The van der Waals surface area contributed by atoms with Crippen molar-refractivity contribution >= 4 is 24.0 Å². The number of nitrogens with zero attached hydrogens (tertiary/aromatic N) is 2. The summed E-state index contributed by atoms with van der Waals surface area (Å²) in [4.78, 5) is 44.9. The minimum absolute atomic E-state index is 0.109. The number of hydrogen-bond donors (Lipinski definition) is 0. The number of hydrogen-bond acceptors (Lipinski definition) is 6. The number of amides is 3. The molecule has 0 radical (unpaired) electrons. The smallest absolute Gasteiger partial charge is 0.356 e. The summed E-state index contributed by atoms with van der Waals surface area (Å²) < 4.78 is 11.0. The Hall–Kier alpha value is -2.71. The first kappa shape index (κ1) is 24.6. The van der Waals surface area contributed by atoms with Crippen LogP contribution in [0.5, 0.6) is 0 Å². The minimum Gasteiger partial charge on any atom is -0.464 e. The molecule has 170 valence electrons. The Morgan fingerprint density at radius 1 is 1.06 bits per heavy atom. The van der Waals surface area contributed by atoms with Gasteiger partial charge in [-0.05, 0) is 31.4 Å². The Labute approximate surface area is 183 Å². The number of benzene rings is 1. The predicted molar refractivity (Wildman–Crippen MR) is 116 cm³/mol. The van der Waals surface area contributed by atoms with Crippen LogP contribution in [0.4, 0.5) is 4.79 Å². The van der Waals surface area contributed by atoms with Gasteiger partial charge in [-0.1, -0.05) is 56.5 Å². The van der Waals surface area contributed by atoms with Crippen LogP contribution < -0.4 is 0 Å². The summed E-state index contributed by atoms with van der Waals surface area (Å²) in [6.07, 6.45) is 5.69. The largest absolute Gasteiger partial charge is 0.464 e. The summed E-state index contributed by atoms with van der Waals surface area (Å²) in [5.41, 5.74) is -0.541. The minimum atomic E-state index is -1.39. The van der Waals surface area contributed by atoms with Gasteiger partial charge in [0.2, 0.25) is 0 Å². The summed E-state index contributed by atoms with van der Waals surface area (Å²) >= 11 is 0. The molecule has 0 bridgehead atoms. The molecule has 8 nitrogen and oxygen atoms in total. The van der Waals surface area contributed by atoms with Gasteiger partial charge in [-0.15, -0.1) is 5.06 Å². The standard InChI is InChI=1S/C23H32N2O6/c1-5-7-8-12-15-23(29-3,21(27)31-6-2)17-24-19(16-18-13-10-9-11-14-18)20(26)25(30-4)22(24)28/h9-11,13-14,16H,5-8,12,15,17H2,1-4H3. The Bertz CT molecular complexity index is 795. The lowest BCUT2D eigenvalue weighted by atomic mass is 9.94. The molecule has 1 aromatic rings. The maximum Gasteiger partial charge on any atom is 0.356 e. The maximum atomic E-state index is 13.0. The van der Waals surface area contributed by atoms with Crippen LogP contribution in [0.1, 0.15) is 51.5 Å². The second kappa shape index (κ2) is 11.6. The molecule has 31 heavy (non-hydrogen) atoms. The topological polar surface area (TPSA) is 85.4 Å². The summed E-state index contributed by atoms with van der Waals surface area (Å²) in [6, 6.07) is 8.48. The van der Waals surface area contributed by atoms with Crippen LogP contribution in [-0.2, 0) is 23.9 Å². The van der Waals surface area contributed by atoms with Crippen LogP contribution >= 0.6 is 0 Å². The molecule has 0 aliphatic carbocycles. The summed E-state index contributed by atoms with van der Waals surface area (Å²) in [5.74, 6) is -1.15. The molecule has 1 heterocycles. The van der Waals surface area contributed by atoms with Gasteiger partial charge in [-0.25, -0.2) is 9.59 Å². The van der Waals surface area contributed by atoms with E-state index in [2.05, 4.69) is 6.92 Å². The molecule has 1 saturated heterocycles. The quantitative estimate of drug-likeness (QED) is 0.216. The van der Waals surface area contributed by atoms with E-state index in [1.165, 1.54) is 19.1 Å². The molecule has 0 spiro atoms. The van der Waals surface area contributed by atoms with Crippen molar-refractivity contribution in [3.05, 3.63) is 41.6 Å². The first-order chi connectivity index (χ1) is 14.9. The number of esters is 1. The molecule has 2 rings (SSSR count). The fraction of sp³-hybridized carbons (Fsp3) is 0.522. The molecule has 1 unspecified atom stereocenters. The van der Waals surface area contributed by atoms with Gasteiger partial charge in [0.05, 0.1) is 20.3 Å². The molecule has 1 aliphatic heterocycles. The molecule has 0 aromatic heterocycles. The number of urea groups is 1. The lowest BCUT2D eigenvalue weighted by Gasteiger charge is -2.33. The Balaban J connectivity index is 2.42. The second-order valence-corrected chi connectivity index (χ2v) is 7.32. The molecule has 0 N–H and O–H groups in total. The van der Waals surface area contributed by atoms with E-state index < -0.39 is 23.5 Å². The Morgan fingerprint density at radius 2 is 1.77 bits per heavy atom. The highest BCUT2D eigenvalue weighted by Gasteiger charge is 2.49. The monoisotopic (exact) mass is 432 g/mol. The van der Waals surface area contributed by atoms with E-state index in [4.69, 9.17) is 14.3 Å². The third-order valence-corrected chi connectivity index (χ3v) is 5.27. The van der Waals surface area contributed by atoms with Crippen molar-refractivity contribution in [1.29, 1.82) is 0 Å². The zero-order valence-electron chi connectivity index (χ0n) is 18.8. The normalized spacial score (nSPS) is 17.4. The summed E-state index contributed by atoms with van der Waals surface area (Å²) in [5, 5.41) is 0.678. The van der Waals surface area contributed by atoms with Crippen LogP contribution in [0.3, 0.4) is 0 Å². The van der Waals surface area contributed by atoms with Crippen molar-refractivity contribution in [3.63, 3.8) is 0 Å². The Kier molecular flexibility index (Phi) is 9.21. The van der Waals surface area contributed by atoms with E-state index in [9.17, 15) is 14.4 Å². The van der Waals surface area contributed by atoms with Gasteiger partial charge in [-0.2, -0.15) is 0 Å². The van der Waals surface area contributed by atoms with Crippen molar-refractivity contribution in [3.8, 4) is 0 Å². The van der Waals surface area contributed by atoms with Gasteiger partial charge in [0.1, 0.15) is 5.70 Å². The zero-order chi connectivity index (χ0) is 22.9. The lowest BCUT2D eigenvalue weighted by molar-refractivity contribution is -0.171. The van der Waals surface area contributed by atoms with Gasteiger partial charge in [0, 0.05) is 7.11 Å². The van der Waals surface area contributed by atoms with Crippen molar-refractivity contribution in [2.45, 2.75) is 51.6 Å². The number of carbonyl (C=O) groups is 3. The first-order valence-electron chi connectivity index (χ1n) is 10.6. The predicted octanol–water partition coefficient (Wildman–Crippen LogP) is 3.77. The fourth-order valence-electron chi connectivity index (χ4n) is 3.53. The number of ether oxygens (including phenoxy) is 2. The number of hydroxylamine groups is 2. The van der Waals surface area contributed by atoms with Crippen LogP contribution in [0.25, 0.3) is 6.08 Å². The van der Waals surface area contributed by atoms with Gasteiger partial charge in [-0.3, -0.25) is 14.5 Å². The van der Waals surface area contributed by atoms with E-state index >= 15 is 0 Å². The molecule has 1 aliphatic rings. The third kappa shape index (κ3) is 5.71. The lowest BCUT2D eigenvalue weighted by Crippen LogP contribution is -2.52. The fourth-order valence-corrected chi connectivity index (χ4v) is 3.53. The highest BCUT2D eigenvalue weighted by molar-refractivity contribution is 6.13. The van der Waals surface area contributed by atoms with Crippen LogP contribution in [-0.4, -0.2) is 60.8 Å². The van der Waals surface area contributed by atoms with Crippen LogP contribution in [0, 0.1) is 0 Å². The zero-order valence-corrected chi connectivity index (χ0v) is 18.8. The van der Waals surface area contributed by atoms with Crippen molar-refractivity contribution in [2.24, 2.45) is 0 Å². The molecular formula is C23H32N2O6. The van der Waals surface area contributed by atoms with Crippen LogP contribution in [0.2, 0.25) is 0 Å². The highest BCUT2D eigenvalue weighted by Crippen LogP contribution is 2.30.